The minimum atomic E-state index is 0.112. The Morgan fingerprint density at radius 3 is 2.32 bits per heavy atom. The molecule has 0 spiro atoms. The van der Waals surface area contributed by atoms with Gasteiger partial charge in [-0.3, -0.25) is 4.79 Å². The molecule has 25 heavy (non-hydrogen) atoms. The number of aryl methyl sites for hydroxylation is 1. The standard InChI is InChI=1S/C22H13ClOS/c1-12-2-5-20-18(6-12)22(24)19-10-15-8-14-9-17(23)4-3-13(14)7-16(15)11-21(19)25-20/h2-11H,1H3. The highest BCUT2D eigenvalue weighted by molar-refractivity contribution is 7.24. The normalized spacial score (nSPS) is 11.8. The molecule has 0 aliphatic rings. The first kappa shape index (κ1) is 14.9. The maximum Gasteiger partial charge on any atom is 0.195 e. The lowest BCUT2D eigenvalue weighted by atomic mass is 10.0. The summed E-state index contributed by atoms with van der Waals surface area (Å²) in [6.45, 7) is 2.02. The minimum Gasteiger partial charge on any atom is -0.289 e. The van der Waals surface area contributed by atoms with Gasteiger partial charge in [-0.25, -0.2) is 0 Å². The number of halogens is 1. The van der Waals surface area contributed by atoms with E-state index in [1.165, 1.54) is 0 Å². The third kappa shape index (κ3) is 2.33. The van der Waals surface area contributed by atoms with E-state index in [1.807, 2.05) is 43.3 Å². The third-order valence-electron chi connectivity index (χ3n) is 4.70. The fourth-order valence-corrected chi connectivity index (χ4v) is 4.70. The summed E-state index contributed by atoms with van der Waals surface area (Å²) in [5.41, 5.74) is 1.22. The van der Waals surface area contributed by atoms with Crippen LogP contribution in [0.3, 0.4) is 0 Å². The molecule has 1 aromatic heterocycles. The van der Waals surface area contributed by atoms with Crippen molar-refractivity contribution in [1.29, 1.82) is 0 Å². The maximum atomic E-state index is 13.0. The van der Waals surface area contributed by atoms with E-state index in [2.05, 4.69) is 24.3 Å². The molecule has 0 saturated heterocycles. The summed E-state index contributed by atoms with van der Waals surface area (Å²) in [4.78, 5) is 13.0. The Bertz CT molecular complexity index is 1380. The fourth-order valence-electron chi connectivity index (χ4n) is 3.44. The third-order valence-corrected chi connectivity index (χ3v) is 6.07. The molecule has 0 aliphatic carbocycles. The summed E-state index contributed by atoms with van der Waals surface area (Å²) < 4.78 is 2.07. The van der Waals surface area contributed by atoms with Gasteiger partial charge >= 0.3 is 0 Å². The molecule has 0 radical (unpaired) electrons. The van der Waals surface area contributed by atoms with E-state index in [0.29, 0.717) is 0 Å². The second-order valence-corrected chi connectivity index (χ2v) is 7.99. The smallest absolute Gasteiger partial charge is 0.195 e. The van der Waals surface area contributed by atoms with Crippen LogP contribution in [0.4, 0.5) is 0 Å². The Hall–Kier alpha value is -2.42. The van der Waals surface area contributed by atoms with Crippen molar-refractivity contribution in [3.05, 3.63) is 81.5 Å². The van der Waals surface area contributed by atoms with Crippen molar-refractivity contribution in [1.82, 2.24) is 0 Å². The second-order valence-electron chi connectivity index (χ2n) is 6.47. The van der Waals surface area contributed by atoms with E-state index in [4.69, 9.17) is 11.6 Å². The van der Waals surface area contributed by atoms with Crippen LogP contribution in [0.2, 0.25) is 5.02 Å². The van der Waals surface area contributed by atoms with Gasteiger partial charge in [0.05, 0.1) is 0 Å². The van der Waals surface area contributed by atoms with Crippen LogP contribution in [0.15, 0.2) is 65.5 Å². The number of hydrogen-bond acceptors (Lipinski definition) is 2. The van der Waals surface area contributed by atoms with Gasteiger partial charge in [0.2, 0.25) is 0 Å². The van der Waals surface area contributed by atoms with E-state index in [0.717, 1.165) is 52.3 Å². The average molecular weight is 361 g/mol. The molecule has 0 atom stereocenters. The van der Waals surface area contributed by atoms with Crippen molar-refractivity contribution < 1.29 is 0 Å². The lowest BCUT2D eigenvalue weighted by Crippen LogP contribution is -2.01. The quantitative estimate of drug-likeness (QED) is 0.281. The predicted octanol–water partition coefficient (Wildman–Crippen LogP) is 6.68. The van der Waals surface area contributed by atoms with E-state index in [-0.39, 0.29) is 5.43 Å². The monoisotopic (exact) mass is 360 g/mol. The van der Waals surface area contributed by atoms with Crippen LogP contribution in [0.1, 0.15) is 5.56 Å². The summed E-state index contributed by atoms with van der Waals surface area (Å²) >= 11 is 7.80. The molecule has 0 N–H and O–H groups in total. The summed E-state index contributed by atoms with van der Waals surface area (Å²) in [5, 5.41) is 6.77. The van der Waals surface area contributed by atoms with E-state index < -0.39 is 0 Å². The molecule has 0 bridgehead atoms. The van der Waals surface area contributed by atoms with Crippen molar-refractivity contribution >= 4 is 64.7 Å². The molecular formula is C22H13ClOS. The molecule has 0 unspecified atom stereocenters. The number of rotatable bonds is 0. The highest BCUT2D eigenvalue weighted by Crippen LogP contribution is 2.31. The largest absolute Gasteiger partial charge is 0.289 e. The molecule has 0 amide bonds. The van der Waals surface area contributed by atoms with E-state index in [1.54, 1.807) is 11.3 Å². The van der Waals surface area contributed by atoms with Crippen molar-refractivity contribution in [2.24, 2.45) is 0 Å². The van der Waals surface area contributed by atoms with E-state index >= 15 is 0 Å². The topological polar surface area (TPSA) is 17.1 Å². The Kier molecular flexibility index (Phi) is 3.15. The average Bonchev–Trinajstić information content (AvgIpc) is 2.60. The highest BCUT2D eigenvalue weighted by atomic mass is 35.5. The van der Waals surface area contributed by atoms with Gasteiger partial charge < -0.3 is 0 Å². The molecule has 0 fully saturated rings. The van der Waals surface area contributed by atoms with Crippen molar-refractivity contribution in [3.8, 4) is 0 Å². The SMILES string of the molecule is Cc1ccc2sc3cc4cc5ccc(Cl)cc5cc4cc3c(=O)c2c1. The van der Waals surface area contributed by atoms with Crippen LogP contribution in [-0.4, -0.2) is 0 Å². The molecule has 0 saturated carbocycles. The maximum absolute atomic E-state index is 13.0. The summed E-state index contributed by atoms with van der Waals surface area (Å²) in [7, 11) is 0. The van der Waals surface area contributed by atoms with Crippen LogP contribution in [0.5, 0.6) is 0 Å². The summed E-state index contributed by atoms with van der Waals surface area (Å²) in [5.74, 6) is 0. The first-order valence-corrected chi connectivity index (χ1v) is 9.28. The minimum absolute atomic E-state index is 0.112. The summed E-state index contributed by atoms with van der Waals surface area (Å²) in [6, 6.07) is 20.4. The molecule has 5 aromatic rings. The number of hydrogen-bond donors (Lipinski definition) is 0. The molecule has 1 heterocycles. The van der Waals surface area contributed by atoms with Crippen molar-refractivity contribution in [3.63, 3.8) is 0 Å². The Morgan fingerprint density at radius 1 is 0.720 bits per heavy atom. The lowest BCUT2D eigenvalue weighted by Gasteiger charge is -2.06. The lowest BCUT2D eigenvalue weighted by molar-refractivity contribution is 1.51. The van der Waals surface area contributed by atoms with Crippen LogP contribution in [0.25, 0.3) is 41.7 Å². The van der Waals surface area contributed by atoms with Gasteiger partial charge in [0.1, 0.15) is 0 Å². The van der Waals surface area contributed by atoms with Crippen LogP contribution in [0, 0.1) is 6.92 Å². The fraction of sp³-hybridized carbons (Fsp3) is 0.0455. The van der Waals surface area contributed by atoms with Gasteiger partial charge in [-0.05, 0) is 77.0 Å². The van der Waals surface area contributed by atoms with Crippen LogP contribution >= 0.6 is 22.9 Å². The molecule has 120 valence electrons. The van der Waals surface area contributed by atoms with Gasteiger partial charge in [-0.15, -0.1) is 11.3 Å². The molecule has 1 nitrogen and oxygen atoms in total. The molecule has 4 aromatic carbocycles. The van der Waals surface area contributed by atoms with Gasteiger partial charge in [-0.1, -0.05) is 29.3 Å². The molecular weight excluding hydrogens is 348 g/mol. The van der Waals surface area contributed by atoms with Gasteiger partial charge in [-0.2, -0.15) is 0 Å². The zero-order chi connectivity index (χ0) is 17.1. The number of fused-ring (bicyclic) bond motifs is 4. The number of benzene rings is 4. The van der Waals surface area contributed by atoms with Gasteiger partial charge in [0.15, 0.2) is 5.43 Å². The molecule has 5 rings (SSSR count). The van der Waals surface area contributed by atoms with Crippen LogP contribution in [-0.2, 0) is 0 Å². The van der Waals surface area contributed by atoms with Crippen molar-refractivity contribution in [2.45, 2.75) is 6.92 Å². The van der Waals surface area contributed by atoms with Crippen molar-refractivity contribution in [2.75, 3.05) is 0 Å². The Labute approximate surface area is 153 Å². The van der Waals surface area contributed by atoms with Crippen LogP contribution < -0.4 is 5.43 Å². The summed E-state index contributed by atoms with van der Waals surface area (Å²) in [6.07, 6.45) is 0. The highest BCUT2D eigenvalue weighted by Gasteiger charge is 2.09. The zero-order valence-electron chi connectivity index (χ0n) is 13.5. The van der Waals surface area contributed by atoms with Gasteiger partial charge in [0.25, 0.3) is 0 Å². The Morgan fingerprint density at radius 2 is 1.44 bits per heavy atom. The molecule has 0 aliphatic heterocycles. The second kappa shape index (κ2) is 5.29. The zero-order valence-corrected chi connectivity index (χ0v) is 15.0. The van der Waals surface area contributed by atoms with E-state index in [9.17, 15) is 4.79 Å². The Balaban J connectivity index is 1.94. The van der Waals surface area contributed by atoms with Gasteiger partial charge in [0, 0.05) is 25.2 Å². The predicted molar refractivity (Wildman–Crippen MR) is 110 cm³/mol. The molecule has 3 heteroatoms. The first-order chi connectivity index (χ1) is 12.1. The first-order valence-electron chi connectivity index (χ1n) is 8.09.